The van der Waals surface area contributed by atoms with Gasteiger partial charge in [0.05, 0.1) is 5.02 Å². The number of phenols is 1. The summed E-state index contributed by atoms with van der Waals surface area (Å²) in [4.78, 5) is 14.7. The number of halogens is 1. The molecule has 1 heterocycles. The number of amides is 1. The maximum atomic E-state index is 10.6. The van der Waals surface area contributed by atoms with E-state index < -0.39 is 5.91 Å². The van der Waals surface area contributed by atoms with Crippen molar-refractivity contribution in [3.05, 3.63) is 41.1 Å². The van der Waals surface area contributed by atoms with E-state index in [2.05, 4.69) is 4.98 Å². The van der Waals surface area contributed by atoms with E-state index in [1.807, 2.05) is 0 Å². The van der Waals surface area contributed by atoms with Gasteiger partial charge in [-0.3, -0.25) is 9.78 Å². The first-order valence-corrected chi connectivity index (χ1v) is 5.21. The van der Waals surface area contributed by atoms with Gasteiger partial charge in [-0.2, -0.15) is 0 Å². The number of primary amides is 1. The normalized spacial score (nSPS) is 11.1. The van der Waals surface area contributed by atoms with E-state index in [0.717, 1.165) is 6.08 Å². The highest BCUT2D eigenvalue weighted by molar-refractivity contribution is 6.35. The second-order valence-electron chi connectivity index (χ2n) is 3.43. The lowest BCUT2D eigenvalue weighted by atomic mass is 10.1. The van der Waals surface area contributed by atoms with Crippen LogP contribution in [0.5, 0.6) is 5.75 Å². The van der Waals surface area contributed by atoms with Gasteiger partial charge < -0.3 is 10.8 Å². The number of hydrogen-bond donors (Lipinski definition) is 2. The van der Waals surface area contributed by atoms with Crippen LogP contribution in [0.3, 0.4) is 0 Å². The van der Waals surface area contributed by atoms with Gasteiger partial charge in [-0.1, -0.05) is 11.6 Å². The molecule has 0 saturated carbocycles. The number of benzene rings is 1. The smallest absolute Gasteiger partial charge is 0.241 e. The summed E-state index contributed by atoms with van der Waals surface area (Å²) in [7, 11) is 0. The van der Waals surface area contributed by atoms with Gasteiger partial charge in [0, 0.05) is 23.2 Å². The van der Waals surface area contributed by atoms with Gasteiger partial charge in [0.25, 0.3) is 0 Å². The van der Waals surface area contributed by atoms with Crippen LogP contribution in [0.15, 0.2) is 30.5 Å². The molecule has 0 aliphatic heterocycles. The molecule has 86 valence electrons. The molecule has 1 aromatic heterocycles. The molecule has 4 nitrogen and oxygen atoms in total. The SMILES string of the molecule is NC(=O)C=Cc1cc(Cl)c2cccnc2c1O. The van der Waals surface area contributed by atoms with E-state index in [4.69, 9.17) is 17.3 Å². The number of fused-ring (bicyclic) bond motifs is 1. The number of rotatable bonds is 2. The van der Waals surface area contributed by atoms with Crippen molar-refractivity contribution in [3.63, 3.8) is 0 Å². The minimum absolute atomic E-state index is 0.0255. The van der Waals surface area contributed by atoms with Crippen molar-refractivity contribution in [3.8, 4) is 5.75 Å². The first-order valence-electron chi connectivity index (χ1n) is 4.83. The van der Waals surface area contributed by atoms with Crippen LogP contribution < -0.4 is 5.73 Å². The molecule has 1 amide bonds. The summed E-state index contributed by atoms with van der Waals surface area (Å²) in [6.07, 6.45) is 4.11. The lowest BCUT2D eigenvalue weighted by molar-refractivity contribution is -0.113. The molecule has 2 aromatic rings. The minimum Gasteiger partial charge on any atom is -0.505 e. The van der Waals surface area contributed by atoms with Crippen molar-refractivity contribution in [1.82, 2.24) is 4.98 Å². The third-order valence-electron chi connectivity index (χ3n) is 2.27. The molecule has 5 heteroatoms. The first kappa shape index (κ1) is 11.4. The number of aromatic hydroxyl groups is 1. The molecule has 0 fully saturated rings. The van der Waals surface area contributed by atoms with Gasteiger partial charge in [-0.15, -0.1) is 0 Å². The molecule has 17 heavy (non-hydrogen) atoms. The molecule has 0 radical (unpaired) electrons. The highest BCUT2D eigenvalue weighted by Gasteiger charge is 2.09. The van der Waals surface area contributed by atoms with Gasteiger partial charge in [0.15, 0.2) is 0 Å². The van der Waals surface area contributed by atoms with Crippen LogP contribution >= 0.6 is 11.6 Å². The van der Waals surface area contributed by atoms with E-state index in [9.17, 15) is 9.90 Å². The fraction of sp³-hybridized carbons (Fsp3) is 0. The molecule has 0 saturated heterocycles. The summed E-state index contributed by atoms with van der Waals surface area (Å²) in [6.45, 7) is 0. The number of pyridine rings is 1. The molecule has 0 aliphatic rings. The van der Waals surface area contributed by atoms with Crippen LogP contribution in [0.25, 0.3) is 17.0 Å². The van der Waals surface area contributed by atoms with Crippen molar-refractivity contribution in [1.29, 1.82) is 0 Å². The van der Waals surface area contributed by atoms with Crippen molar-refractivity contribution < 1.29 is 9.90 Å². The predicted molar refractivity (Wildman–Crippen MR) is 66.6 cm³/mol. The summed E-state index contributed by atoms with van der Waals surface area (Å²) in [6, 6.07) is 5.04. The summed E-state index contributed by atoms with van der Waals surface area (Å²) < 4.78 is 0. The van der Waals surface area contributed by atoms with E-state index in [1.54, 1.807) is 24.4 Å². The summed E-state index contributed by atoms with van der Waals surface area (Å²) in [5.41, 5.74) is 5.78. The molecule has 3 N–H and O–H groups in total. The second-order valence-corrected chi connectivity index (χ2v) is 3.84. The van der Waals surface area contributed by atoms with Crippen molar-refractivity contribution in [2.45, 2.75) is 0 Å². The number of aromatic nitrogens is 1. The zero-order chi connectivity index (χ0) is 12.4. The summed E-state index contributed by atoms with van der Waals surface area (Å²) >= 11 is 6.05. The molecule has 0 atom stereocenters. The molecule has 0 aliphatic carbocycles. The van der Waals surface area contributed by atoms with Gasteiger partial charge in [-0.25, -0.2) is 0 Å². The van der Waals surface area contributed by atoms with Crippen LogP contribution in [0.1, 0.15) is 5.56 Å². The number of phenolic OH excluding ortho intramolecular Hbond substituents is 1. The standard InChI is InChI=1S/C12H9ClN2O2/c13-9-6-7(3-4-10(14)16)12(17)11-8(9)2-1-5-15-11/h1-6,17H,(H2,14,16). The Morgan fingerprint density at radius 2 is 2.29 bits per heavy atom. The maximum Gasteiger partial charge on any atom is 0.241 e. The number of hydrogen-bond acceptors (Lipinski definition) is 3. The Hall–Kier alpha value is -2.07. The lowest BCUT2D eigenvalue weighted by Crippen LogP contribution is -2.05. The van der Waals surface area contributed by atoms with Crippen molar-refractivity contribution >= 4 is 34.5 Å². The largest absolute Gasteiger partial charge is 0.505 e. The third kappa shape index (κ3) is 2.21. The molecule has 1 aromatic carbocycles. The Morgan fingerprint density at radius 3 is 3.00 bits per heavy atom. The Balaban J connectivity index is 2.67. The maximum absolute atomic E-state index is 10.6. The summed E-state index contributed by atoms with van der Waals surface area (Å²) in [5.74, 6) is -0.621. The monoisotopic (exact) mass is 248 g/mol. The molecule has 0 unspecified atom stereocenters. The Bertz CT molecular complexity index is 623. The van der Waals surface area contributed by atoms with Gasteiger partial charge >= 0.3 is 0 Å². The highest BCUT2D eigenvalue weighted by atomic mass is 35.5. The average molecular weight is 249 g/mol. The zero-order valence-corrected chi connectivity index (χ0v) is 9.48. The number of nitrogens with two attached hydrogens (primary N) is 1. The van der Waals surface area contributed by atoms with Gasteiger partial charge in [-0.05, 0) is 24.3 Å². The Labute approximate surface area is 102 Å². The fourth-order valence-corrected chi connectivity index (χ4v) is 1.78. The van der Waals surface area contributed by atoms with Crippen LogP contribution in [0.2, 0.25) is 5.02 Å². The Kier molecular flexibility index (Phi) is 2.97. The minimum atomic E-state index is -0.596. The van der Waals surface area contributed by atoms with Crippen molar-refractivity contribution in [2.75, 3.05) is 0 Å². The van der Waals surface area contributed by atoms with Crippen LogP contribution in [0.4, 0.5) is 0 Å². The van der Waals surface area contributed by atoms with Crippen LogP contribution in [0, 0.1) is 0 Å². The molecular weight excluding hydrogens is 240 g/mol. The zero-order valence-electron chi connectivity index (χ0n) is 8.72. The topological polar surface area (TPSA) is 76.2 Å². The van der Waals surface area contributed by atoms with Crippen LogP contribution in [-0.4, -0.2) is 16.0 Å². The number of carbonyl (C=O) groups excluding carboxylic acids is 1. The van der Waals surface area contributed by atoms with Gasteiger partial charge in [0.1, 0.15) is 11.3 Å². The molecular formula is C12H9ClN2O2. The number of nitrogens with zero attached hydrogens (tertiary/aromatic N) is 1. The molecule has 0 spiro atoms. The van der Waals surface area contributed by atoms with E-state index >= 15 is 0 Å². The average Bonchev–Trinajstić information content (AvgIpc) is 2.32. The first-order chi connectivity index (χ1) is 8.09. The van der Waals surface area contributed by atoms with E-state index in [1.165, 1.54) is 6.08 Å². The van der Waals surface area contributed by atoms with Gasteiger partial charge in [0.2, 0.25) is 5.91 Å². The Morgan fingerprint density at radius 1 is 1.53 bits per heavy atom. The highest BCUT2D eigenvalue weighted by Crippen LogP contribution is 2.33. The summed E-state index contributed by atoms with van der Waals surface area (Å²) in [5, 5.41) is 11.1. The van der Waals surface area contributed by atoms with E-state index in [-0.39, 0.29) is 5.75 Å². The fourth-order valence-electron chi connectivity index (χ4n) is 1.51. The van der Waals surface area contributed by atoms with E-state index in [0.29, 0.717) is 21.5 Å². The lowest BCUT2D eigenvalue weighted by Gasteiger charge is -2.05. The third-order valence-corrected chi connectivity index (χ3v) is 2.58. The molecule has 2 rings (SSSR count). The number of carbonyl (C=O) groups is 1. The van der Waals surface area contributed by atoms with Crippen LogP contribution in [-0.2, 0) is 4.79 Å². The second kappa shape index (κ2) is 4.43. The van der Waals surface area contributed by atoms with Crippen molar-refractivity contribution in [2.24, 2.45) is 5.73 Å². The predicted octanol–water partition coefficient (Wildman–Crippen LogP) is 2.09. The molecule has 0 bridgehead atoms. The quantitative estimate of drug-likeness (QED) is 0.799.